The van der Waals surface area contributed by atoms with Crippen LogP contribution in [-0.2, 0) is 11.2 Å². The molecule has 1 fully saturated rings. The largest absolute Gasteiger partial charge is 0.390 e. The number of aryl methyl sites for hydroxylation is 1. The molecule has 1 aliphatic carbocycles. The highest BCUT2D eigenvalue weighted by Crippen LogP contribution is 2.35. The Labute approximate surface area is 120 Å². The number of rotatable bonds is 5. The number of nitrogens with zero attached hydrogens (tertiary/aromatic N) is 1. The van der Waals surface area contributed by atoms with Gasteiger partial charge in [0.05, 0.1) is 16.7 Å². The fourth-order valence-corrected chi connectivity index (χ4v) is 3.85. The fourth-order valence-electron chi connectivity index (χ4n) is 3.04. The lowest BCUT2D eigenvalue weighted by atomic mass is 9.86. The van der Waals surface area contributed by atoms with Gasteiger partial charge >= 0.3 is 0 Å². The van der Waals surface area contributed by atoms with Crippen molar-refractivity contribution in [3.05, 3.63) is 16.1 Å². The normalized spacial score (nSPS) is 21.0. The first-order valence-electron chi connectivity index (χ1n) is 7.39. The Bertz CT molecular complexity index is 383. The van der Waals surface area contributed by atoms with E-state index in [0.29, 0.717) is 13.0 Å². The average molecular weight is 283 g/mol. The van der Waals surface area contributed by atoms with Gasteiger partial charge in [0.1, 0.15) is 0 Å². The zero-order valence-electron chi connectivity index (χ0n) is 12.0. The Kier molecular flexibility index (Phi) is 5.37. The van der Waals surface area contributed by atoms with Crippen LogP contribution in [0.4, 0.5) is 0 Å². The van der Waals surface area contributed by atoms with Crippen molar-refractivity contribution in [2.45, 2.75) is 70.5 Å². The van der Waals surface area contributed by atoms with Crippen LogP contribution in [0, 0.1) is 6.92 Å². The van der Waals surface area contributed by atoms with Crippen molar-refractivity contribution >= 4 is 11.3 Å². The molecule has 19 heavy (non-hydrogen) atoms. The van der Waals surface area contributed by atoms with Gasteiger partial charge in [0.15, 0.2) is 0 Å². The zero-order valence-corrected chi connectivity index (χ0v) is 12.8. The van der Waals surface area contributed by atoms with E-state index >= 15 is 0 Å². The molecule has 1 N–H and O–H groups in total. The van der Waals surface area contributed by atoms with E-state index in [0.717, 1.165) is 36.4 Å². The van der Waals surface area contributed by atoms with E-state index in [9.17, 15) is 5.11 Å². The maximum atomic E-state index is 10.7. The van der Waals surface area contributed by atoms with E-state index < -0.39 is 6.10 Å². The highest BCUT2D eigenvalue weighted by atomic mass is 32.1. The second-order valence-corrected chi connectivity index (χ2v) is 6.46. The van der Waals surface area contributed by atoms with Gasteiger partial charge in [-0.05, 0) is 26.7 Å². The minimum absolute atomic E-state index is 0.342. The van der Waals surface area contributed by atoms with Gasteiger partial charge in [-0.2, -0.15) is 0 Å². The predicted molar refractivity (Wildman–Crippen MR) is 78.6 cm³/mol. The molecule has 1 saturated carbocycles. The molecule has 0 aromatic carbocycles. The minimum Gasteiger partial charge on any atom is -0.390 e. The van der Waals surface area contributed by atoms with Crippen molar-refractivity contribution in [1.82, 2.24) is 4.98 Å². The van der Waals surface area contributed by atoms with Gasteiger partial charge in [-0.15, -0.1) is 11.3 Å². The molecule has 1 aliphatic rings. The molecule has 2 rings (SSSR count). The van der Waals surface area contributed by atoms with Crippen LogP contribution < -0.4 is 0 Å². The van der Waals surface area contributed by atoms with E-state index in [2.05, 4.69) is 4.98 Å². The van der Waals surface area contributed by atoms with E-state index in [-0.39, 0.29) is 5.60 Å². The lowest BCUT2D eigenvalue weighted by Gasteiger charge is -2.37. The molecule has 0 aliphatic heterocycles. The summed E-state index contributed by atoms with van der Waals surface area (Å²) in [5, 5.41) is 13.8. The minimum atomic E-state index is -0.434. The van der Waals surface area contributed by atoms with E-state index in [1.807, 2.05) is 19.2 Å². The van der Waals surface area contributed by atoms with Crippen molar-refractivity contribution < 1.29 is 9.84 Å². The third kappa shape index (κ3) is 3.77. The molecule has 0 bridgehead atoms. The monoisotopic (exact) mass is 283 g/mol. The molecule has 0 spiro atoms. The summed E-state index contributed by atoms with van der Waals surface area (Å²) in [5.74, 6) is 0. The lowest BCUT2D eigenvalue weighted by molar-refractivity contribution is -0.128. The third-order valence-electron chi connectivity index (χ3n) is 4.02. The number of aliphatic hydroxyl groups excluding tert-OH is 1. The summed E-state index contributed by atoms with van der Waals surface area (Å²) < 4.78 is 6.02. The topological polar surface area (TPSA) is 42.4 Å². The molecule has 0 saturated heterocycles. The highest BCUT2D eigenvalue weighted by Gasteiger charge is 2.39. The smallest absolute Gasteiger partial charge is 0.0955 e. The molecular weight excluding hydrogens is 258 g/mol. The van der Waals surface area contributed by atoms with Crippen LogP contribution >= 0.6 is 11.3 Å². The SMILES string of the molecule is CCOC1(C(O)Cc2nc(C)cs2)CCCCCC1. The molecule has 4 heteroatoms. The van der Waals surface area contributed by atoms with Crippen molar-refractivity contribution in [3.8, 4) is 0 Å². The van der Waals surface area contributed by atoms with Crippen molar-refractivity contribution in [1.29, 1.82) is 0 Å². The first-order valence-corrected chi connectivity index (χ1v) is 8.27. The molecule has 1 atom stereocenters. The molecule has 1 aromatic heterocycles. The van der Waals surface area contributed by atoms with Crippen LogP contribution in [0.5, 0.6) is 0 Å². The number of hydrogen-bond acceptors (Lipinski definition) is 4. The van der Waals surface area contributed by atoms with Crippen LogP contribution in [0.3, 0.4) is 0 Å². The second kappa shape index (κ2) is 6.82. The Hall–Kier alpha value is -0.450. The molecule has 1 unspecified atom stereocenters. The van der Waals surface area contributed by atoms with Gasteiger partial charge in [-0.1, -0.05) is 25.7 Å². The number of aromatic nitrogens is 1. The van der Waals surface area contributed by atoms with Gasteiger partial charge < -0.3 is 9.84 Å². The Morgan fingerprint density at radius 2 is 2.05 bits per heavy atom. The van der Waals surface area contributed by atoms with Crippen molar-refractivity contribution in [3.63, 3.8) is 0 Å². The molecule has 0 amide bonds. The molecule has 108 valence electrons. The summed E-state index contributed by atoms with van der Waals surface area (Å²) in [6, 6.07) is 0. The highest BCUT2D eigenvalue weighted by molar-refractivity contribution is 7.09. The van der Waals surface area contributed by atoms with Crippen molar-refractivity contribution in [2.75, 3.05) is 6.61 Å². The maximum absolute atomic E-state index is 10.7. The zero-order chi connectivity index (χ0) is 13.7. The Morgan fingerprint density at radius 1 is 1.37 bits per heavy atom. The first-order chi connectivity index (χ1) is 9.16. The van der Waals surface area contributed by atoms with Gasteiger partial charge in [-0.3, -0.25) is 0 Å². The summed E-state index contributed by atoms with van der Waals surface area (Å²) in [5.41, 5.74) is 0.698. The van der Waals surface area contributed by atoms with Crippen LogP contribution in [0.1, 0.15) is 56.2 Å². The Balaban J connectivity index is 2.08. The lowest BCUT2D eigenvalue weighted by Crippen LogP contribution is -2.46. The van der Waals surface area contributed by atoms with Crippen molar-refractivity contribution in [2.24, 2.45) is 0 Å². The number of hydrogen-bond donors (Lipinski definition) is 1. The predicted octanol–water partition coefficient (Wildman–Crippen LogP) is 3.48. The van der Waals surface area contributed by atoms with Gasteiger partial charge in [0, 0.05) is 24.1 Å². The van der Waals surface area contributed by atoms with Crippen LogP contribution in [-0.4, -0.2) is 28.4 Å². The van der Waals surface area contributed by atoms with E-state index in [1.165, 1.54) is 12.8 Å². The quantitative estimate of drug-likeness (QED) is 0.841. The van der Waals surface area contributed by atoms with Gasteiger partial charge in [0.25, 0.3) is 0 Å². The number of ether oxygens (including phenoxy) is 1. The molecule has 0 radical (unpaired) electrons. The maximum Gasteiger partial charge on any atom is 0.0955 e. The Morgan fingerprint density at radius 3 is 2.58 bits per heavy atom. The van der Waals surface area contributed by atoms with Gasteiger partial charge in [-0.25, -0.2) is 4.98 Å². The fraction of sp³-hybridized carbons (Fsp3) is 0.800. The molecular formula is C15H25NO2S. The number of aliphatic hydroxyl groups is 1. The summed E-state index contributed by atoms with van der Waals surface area (Å²) in [4.78, 5) is 4.46. The van der Waals surface area contributed by atoms with Crippen LogP contribution in [0.25, 0.3) is 0 Å². The first kappa shape index (κ1) is 14.9. The summed E-state index contributed by atoms with van der Waals surface area (Å²) in [6.07, 6.45) is 6.99. The van der Waals surface area contributed by atoms with E-state index in [4.69, 9.17) is 4.74 Å². The standard InChI is InChI=1S/C15H25NO2S/c1-3-18-15(8-6-4-5-7-9-15)13(17)10-14-16-12(2)11-19-14/h11,13,17H,3-10H2,1-2H3. The second-order valence-electron chi connectivity index (χ2n) is 5.51. The molecule has 1 aromatic rings. The van der Waals surface area contributed by atoms with E-state index in [1.54, 1.807) is 11.3 Å². The summed E-state index contributed by atoms with van der Waals surface area (Å²) in [6.45, 7) is 4.69. The summed E-state index contributed by atoms with van der Waals surface area (Å²) in [7, 11) is 0. The third-order valence-corrected chi connectivity index (χ3v) is 5.01. The molecule has 1 heterocycles. The summed E-state index contributed by atoms with van der Waals surface area (Å²) >= 11 is 1.64. The number of thiazole rings is 1. The van der Waals surface area contributed by atoms with Crippen LogP contribution in [0.2, 0.25) is 0 Å². The van der Waals surface area contributed by atoms with Gasteiger partial charge in [0.2, 0.25) is 0 Å². The molecule has 3 nitrogen and oxygen atoms in total. The average Bonchev–Trinajstić information content (AvgIpc) is 2.65. The van der Waals surface area contributed by atoms with Crippen LogP contribution in [0.15, 0.2) is 5.38 Å².